The predicted molar refractivity (Wildman–Crippen MR) is 55.0 cm³/mol. The lowest BCUT2D eigenvalue weighted by Crippen LogP contribution is -2.57. The van der Waals surface area contributed by atoms with Crippen molar-refractivity contribution in [1.82, 2.24) is 4.90 Å². The lowest BCUT2D eigenvalue weighted by atomic mass is 10.1. The van der Waals surface area contributed by atoms with Crippen molar-refractivity contribution in [1.29, 1.82) is 0 Å². The van der Waals surface area contributed by atoms with Crippen LogP contribution in [-0.4, -0.2) is 29.9 Å². The number of hydrogen-bond acceptors (Lipinski definition) is 2. The summed E-state index contributed by atoms with van der Waals surface area (Å²) in [5.41, 5.74) is 6.51. The average molecular weight is 208 g/mol. The van der Waals surface area contributed by atoms with Gasteiger partial charge >= 0.3 is 0 Å². The summed E-state index contributed by atoms with van der Waals surface area (Å²) in [5.74, 6) is -0.485. The summed E-state index contributed by atoms with van der Waals surface area (Å²) in [4.78, 5) is 13.4. The Hall–Kier alpha value is -1.42. The van der Waals surface area contributed by atoms with Crippen LogP contribution in [0, 0.1) is 12.7 Å². The molecule has 0 spiro atoms. The number of amides is 1. The Morgan fingerprint density at radius 2 is 2.20 bits per heavy atom. The van der Waals surface area contributed by atoms with Crippen molar-refractivity contribution in [2.45, 2.75) is 13.0 Å². The first kappa shape index (κ1) is 10.1. The highest BCUT2D eigenvalue weighted by Gasteiger charge is 2.28. The number of hydrogen-bond donors (Lipinski definition) is 1. The summed E-state index contributed by atoms with van der Waals surface area (Å²) < 4.78 is 13.2. The topological polar surface area (TPSA) is 46.3 Å². The molecule has 1 heterocycles. The molecule has 80 valence electrons. The number of benzene rings is 1. The Bertz CT molecular complexity index is 400. The van der Waals surface area contributed by atoms with Gasteiger partial charge in [0.2, 0.25) is 0 Å². The smallest absolute Gasteiger partial charge is 0.254 e. The van der Waals surface area contributed by atoms with Gasteiger partial charge in [0.05, 0.1) is 0 Å². The van der Waals surface area contributed by atoms with E-state index in [-0.39, 0.29) is 17.8 Å². The molecule has 15 heavy (non-hydrogen) atoms. The van der Waals surface area contributed by atoms with Crippen LogP contribution < -0.4 is 5.73 Å². The van der Waals surface area contributed by atoms with Crippen molar-refractivity contribution in [3.05, 3.63) is 35.1 Å². The third-order valence-electron chi connectivity index (χ3n) is 2.62. The van der Waals surface area contributed by atoms with Crippen LogP contribution in [0.4, 0.5) is 4.39 Å². The number of halogens is 1. The third kappa shape index (κ3) is 1.85. The molecule has 3 nitrogen and oxygen atoms in total. The molecule has 0 aromatic heterocycles. The standard InChI is InChI=1S/C11H13FN2O/c1-7-2-3-8(4-10(7)12)11(15)14-5-9(13)6-14/h2-4,9H,5-6,13H2,1H3. The van der Waals surface area contributed by atoms with Gasteiger partial charge in [-0.25, -0.2) is 4.39 Å². The van der Waals surface area contributed by atoms with Crippen LogP contribution in [-0.2, 0) is 0 Å². The monoisotopic (exact) mass is 208 g/mol. The first-order valence-corrected chi connectivity index (χ1v) is 4.89. The van der Waals surface area contributed by atoms with Crippen molar-refractivity contribution in [3.63, 3.8) is 0 Å². The number of carbonyl (C=O) groups is 1. The van der Waals surface area contributed by atoms with E-state index in [1.165, 1.54) is 6.07 Å². The van der Waals surface area contributed by atoms with Crippen molar-refractivity contribution < 1.29 is 9.18 Å². The van der Waals surface area contributed by atoms with Crippen molar-refractivity contribution in [3.8, 4) is 0 Å². The second-order valence-corrected chi connectivity index (χ2v) is 3.93. The molecule has 0 unspecified atom stereocenters. The molecule has 0 aliphatic carbocycles. The first-order valence-electron chi connectivity index (χ1n) is 4.89. The molecular weight excluding hydrogens is 195 g/mol. The van der Waals surface area contributed by atoms with Gasteiger partial charge in [0.25, 0.3) is 5.91 Å². The maximum Gasteiger partial charge on any atom is 0.254 e. The highest BCUT2D eigenvalue weighted by molar-refractivity contribution is 5.94. The minimum absolute atomic E-state index is 0.0734. The molecule has 0 atom stereocenters. The van der Waals surface area contributed by atoms with Crippen LogP contribution in [0.25, 0.3) is 0 Å². The molecule has 1 aromatic rings. The van der Waals surface area contributed by atoms with Gasteiger partial charge in [-0.15, -0.1) is 0 Å². The molecule has 1 aliphatic rings. The van der Waals surface area contributed by atoms with Gasteiger partial charge in [0.15, 0.2) is 0 Å². The van der Waals surface area contributed by atoms with Crippen LogP contribution in [0.3, 0.4) is 0 Å². The number of likely N-dealkylation sites (tertiary alicyclic amines) is 1. The molecule has 0 radical (unpaired) electrons. The highest BCUT2D eigenvalue weighted by Crippen LogP contribution is 2.14. The fraction of sp³-hybridized carbons (Fsp3) is 0.364. The van der Waals surface area contributed by atoms with E-state index in [1.54, 1.807) is 24.0 Å². The second-order valence-electron chi connectivity index (χ2n) is 3.93. The number of nitrogens with two attached hydrogens (primary N) is 1. The van der Waals surface area contributed by atoms with E-state index in [2.05, 4.69) is 0 Å². The van der Waals surface area contributed by atoms with Gasteiger partial charge in [-0.05, 0) is 24.6 Å². The Balaban J connectivity index is 2.16. The minimum Gasteiger partial charge on any atom is -0.335 e. The molecule has 4 heteroatoms. The largest absolute Gasteiger partial charge is 0.335 e. The molecule has 2 rings (SSSR count). The molecule has 0 saturated carbocycles. The maximum atomic E-state index is 13.2. The molecule has 0 bridgehead atoms. The maximum absolute atomic E-state index is 13.2. The van der Waals surface area contributed by atoms with E-state index in [0.717, 1.165) is 0 Å². The molecule has 1 fully saturated rings. The summed E-state index contributed by atoms with van der Waals surface area (Å²) in [6.07, 6.45) is 0. The minimum atomic E-state index is -0.342. The van der Waals surface area contributed by atoms with E-state index in [1.807, 2.05) is 0 Å². The first-order chi connectivity index (χ1) is 7.08. The zero-order valence-corrected chi connectivity index (χ0v) is 8.53. The van der Waals surface area contributed by atoms with E-state index < -0.39 is 0 Å². The molecule has 1 amide bonds. The van der Waals surface area contributed by atoms with Gasteiger partial charge in [-0.2, -0.15) is 0 Å². The van der Waals surface area contributed by atoms with Crippen LogP contribution in [0.5, 0.6) is 0 Å². The van der Waals surface area contributed by atoms with Crippen molar-refractivity contribution >= 4 is 5.91 Å². The van der Waals surface area contributed by atoms with E-state index in [9.17, 15) is 9.18 Å². The number of aryl methyl sites for hydroxylation is 1. The summed E-state index contributed by atoms with van der Waals surface area (Å²) in [6.45, 7) is 2.80. The van der Waals surface area contributed by atoms with E-state index in [0.29, 0.717) is 24.2 Å². The van der Waals surface area contributed by atoms with Crippen LogP contribution in [0.15, 0.2) is 18.2 Å². The molecule has 2 N–H and O–H groups in total. The summed E-state index contributed by atoms with van der Waals surface area (Å²) in [7, 11) is 0. The normalized spacial score (nSPS) is 16.3. The van der Waals surface area contributed by atoms with Crippen molar-refractivity contribution in [2.75, 3.05) is 13.1 Å². The molecule has 1 aliphatic heterocycles. The Morgan fingerprint density at radius 3 is 2.73 bits per heavy atom. The van der Waals surface area contributed by atoms with Crippen LogP contribution in [0.1, 0.15) is 15.9 Å². The van der Waals surface area contributed by atoms with Gasteiger partial charge in [0.1, 0.15) is 5.82 Å². The number of rotatable bonds is 1. The third-order valence-corrected chi connectivity index (χ3v) is 2.62. The van der Waals surface area contributed by atoms with Crippen LogP contribution >= 0.6 is 0 Å². The van der Waals surface area contributed by atoms with E-state index >= 15 is 0 Å². The zero-order valence-electron chi connectivity index (χ0n) is 8.53. The lowest BCUT2D eigenvalue weighted by molar-refractivity contribution is 0.0607. The second kappa shape index (κ2) is 3.62. The molecular formula is C11H13FN2O. The van der Waals surface area contributed by atoms with Gasteiger partial charge in [-0.1, -0.05) is 6.07 Å². The Kier molecular flexibility index (Phi) is 2.44. The Labute approximate surface area is 87.7 Å². The molecule has 1 saturated heterocycles. The quantitative estimate of drug-likeness (QED) is 0.745. The number of carbonyl (C=O) groups excluding carboxylic acids is 1. The molecule has 1 aromatic carbocycles. The highest BCUT2D eigenvalue weighted by atomic mass is 19.1. The summed E-state index contributed by atoms with van der Waals surface area (Å²) in [6, 6.07) is 4.61. The van der Waals surface area contributed by atoms with Crippen LogP contribution in [0.2, 0.25) is 0 Å². The summed E-state index contributed by atoms with van der Waals surface area (Å²) in [5, 5.41) is 0. The van der Waals surface area contributed by atoms with Crippen molar-refractivity contribution in [2.24, 2.45) is 5.73 Å². The van der Waals surface area contributed by atoms with Gasteiger partial charge in [0, 0.05) is 24.7 Å². The van der Waals surface area contributed by atoms with Gasteiger partial charge in [-0.3, -0.25) is 4.79 Å². The predicted octanol–water partition coefficient (Wildman–Crippen LogP) is 0.917. The summed E-state index contributed by atoms with van der Waals surface area (Å²) >= 11 is 0. The fourth-order valence-corrected chi connectivity index (χ4v) is 1.59. The van der Waals surface area contributed by atoms with Gasteiger partial charge < -0.3 is 10.6 Å². The Morgan fingerprint density at radius 1 is 1.53 bits per heavy atom. The SMILES string of the molecule is Cc1ccc(C(=O)N2CC(N)C2)cc1F. The zero-order chi connectivity index (χ0) is 11.0. The fourth-order valence-electron chi connectivity index (χ4n) is 1.59. The number of nitrogens with zero attached hydrogens (tertiary/aromatic N) is 1. The average Bonchev–Trinajstić information content (AvgIpc) is 2.16. The van der Waals surface area contributed by atoms with E-state index in [4.69, 9.17) is 5.73 Å². The lowest BCUT2D eigenvalue weighted by Gasteiger charge is -2.36.